The van der Waals surface area contributed by atoms with Crippen LogP contribution in [0, 0.1) is 5.92 Å². The summed E-state index contributed by atoms with van der Waals surface area (Å²) in [6.07, 6.45) is -0.635. The van der Waals surface area contributed by atoms with Crippen LogP contribution < -0.4 is 0 Å². The van der Waals surface area contributed by atoms with Gasteiger partial charge in [0.05, 0.1) is 18.9 Å². The maximum atomic E-state index is 11.7. The van der Waals surface area contributed by atoms with Gasteiger partial charge in [-0.3, -0.25) is 9.59 Å². The molecule has 0 aliphatic carbocycles. The first-order valence-corrected chi connectivity index (χ1v) is 7.12. The summed E-state index contributed by atoms with van der Waals surface area (Å²) in [5.41, 5.74) is -2.68. The van der Waals surface area contributed by atoms with Crippen molar-refractivity contribution >= 4 is 17.9 Å². The van der Waals surface area contributed by atoms with Crippen molar-refractivity contribution in [1.29, 1.82) is 0 Å². The zero-order chi connectivity index (χ0) is 17.3. The lowest BCUT2D eigenvalue weighted by atomic mass is 9.95. The molecule has 3 unspecified atom stereocenters. The summed E-state index contributed by atoms with van der Waals surface area (Å²) in [4.78, 5) is 33.1. The Morgan fingerprint density at radius 3 is 2.14 bits per heavy atom. The van der Waals surface area contributed by atoms with Crippen LogP contribution in [0.4, 0.5) is 0 Å². The molecule has 0 radical (unpaired) electrons. The summed E-state index contributed by atoms with van der Waals surface area (Å²) in [6.45, 7) is 3.57. The molecule has 0 bridgehead atoms. The first-order chi connectivity index (χ1) is 10.1. The first kappa shape index (κ1) is 20.3. The van der Waals surface area contributed by atoms with E-state index in [1.54, 1.807) is 6.92 Å². The van der Waals surface area contributed by atoms with Crippen LogP contribution in [0.5, 0.6) is 0 Å². The molecule has 128 valence electrons. The predicted octanol–water partition coefficient (Wildman–Crippen LogP) is 0.397. The fraction of sp³-hybridized carbons (Fsp3) is 0.786. The van der Waals surface area contributed by atoms with Gasteiger partial charge in [-0.05, 0) is 25.7 Å². The molecule has 3 atom stereocenters. The molecule has 0 aromatic heterocycles. The van der Waals surface area contributed by atoms with Gasteiger partial charge in [0, 0.05) is 6.61 Å². The number of carbonyl (C=O) groups is 3. The molecule has 0 aliphatic rings. The number of carboxylic acids is 2. The summed E-state index contributed by atoms with van der Waals surface area (Å²) in [5.74, 6) is -4.19. The smallest absolute Gasteiger partial charge is 0.336 e. The summed E-state index contributed by atoms with van der Waals surface area (Å²) in [6, 6.07) is 0. The second-order valence-electron chi connectivity index (χ2n) is 5.42. The minimum Gasteiger partial charge on any atom is -0.481 e. The van der Waals surface area contributed by atoms with Crippen LogP contribution in [0.2, 0.25) is 0 Å². The van der Waals surface area contributed by atoms with E-state index in [1.807, 2.05) is 6.92 Å². The van der Waals surface area contributed by atoms with Crippen LogP contribution in [0.1, 0.15) is 46.0 Å². The molecule has 0 aliphatic heterocycles. The highest BCUT2D eigenvalue weighted by atomic mass is 16.5. The van der Waals surface area contributed by atoms with E-state index in [1.165, 1.54) is 0 Å². The normalized spacial score (nSPS) is 16.4. The van der Waals surface area contributed by atoms with Crippen molar-refractivity contribution in [3.8, 4) is 0 Å². The number of carboxylic acid groups (broad SMARTS) is 2. The zero-order valence-corrected chi connectivity index (χ0v) is 12.8. The summed E-state index contributed by atoms with van der Waals surface area (Å²) >= 11 is 0. The van der Waals surface area contributed by atoms with Gasteiger partial charge in [0.15, 0.2) is 5.60 Å². The van der Waals surface area contributed by atoms with E-state index >= 15 is 0 Å². The summed E-state index contributed by atoms with van der Waals surface area (Å²) < 4.78 is 4.98. The fourth-order valence-corrected chi connectivity index (χ4v) is 1.92. The van der Waals surface area contributed by atoms with Crippen molar-refractivity contribution in [3.63, 3.8) is 0 Å². The van der Waals surface area contributed by atoms with E-state index < -0.39 is 42.5 Å². The quantitative estimate of drug-likeness (QED) is 0.401. The number of aliphatic carboxylic acids is 2. The third kappa shape index (κ3) is 7.37. The summed E-state index contributed by atoms with van der Waals surface area (Å²) in [5, 5.41) is 36.2. The Bertz CT molecular complexity index is 390. The molecule has 8 heteroatoms. The van der Waals surface area contributed by atoms with Gasteiger partial charge >= 0.3 is 17.9 Å². The number of carbonyl (C=O) groups excluding carboxylic acids is 1. The molecular weight excluding hydrogens is 296 g/mol. The molecule has 0 heterocycles. The number of hydrogen-bond acceptors (Lipinski definition) is 6. The molecule has 0 fully saturated rings. The SMILES string of the molecule is CCC(CO)CCC(C)OC(=O)CC(O)(CC(=O)O)C(=O)O. The van der Waals surface area contributed by atoms with Gasteiger partial charge in [0.1, 0.15) is 0 Å². The van der Waals surface area contributed by atoms with Crippen molar-refractivity contribution in [1.82, 2.24) is 0 Å². The third-order valence-corrected chi connectivity index (χ3v) is 3.43. The van der Waals surface area contributed by atoms with Crippen LogP contribution in [0.15, 0.2) is 0 Å². The molecular formula is C14H24O8. The minimum absolute atomic E-state index is 0.0363. The largest absolute Gasteiger partial charge is 0.481 e. The number of esters is 1. The number of aliphatic hydroxyl groups is 2. The Morgan fingerprint density at radius 2 is 1.73 bits per heavy atom. The highest BCUT2D eigenvalue weighted by Gasteiger charge is 2.41. The zero-order valence-electron chi connectivity index (χ0n) is 12.8. The lowest BCUT2D eigenvalue weighted by Crippen LogP contribution is -2.43. The molecule has 0 aromatic rings. The Hall–Kier alpha value is -1.67. The lowest BCUT2D eigenvalue weighted by molar-refractivity contribution is -0.173. The van der Waals surface area contributed by atoms with Crippen molar-refractivity contribution in [2.75, 3.05) is 6.61 Å². The fourth-order valence-electron chi connectivity index (χ4n) is 1.92. The number of ether oxygens (including phenoxy) is 1. The maximum absolute atomic E-state index is 11.7. The van der Waals surface area contributed by atoms with Crippen LogP contribution in [-0.4, -0.2) is 56.6 Å². The van der Waals surface area contributed by atoms with Gasteiger partial charge in [-0.2, -0.15) is 0 Å². The van der Waals surface area contributed by atoms with E-state index in [0.29, 0.717) is 12.8 Å². The molecule has 4 N–H and O–H groups in total. The molecule has 0 aromatic carbocycles. The molecule has 0 amide bonds. The van der Waals surface area contributed by atoms with Crippen molar-refractivity contribution in [2.24, 2.45) is 5.92 Å². The van der Waals surface area contributed by atoms with Crippen LogP contribution in [0.3, 0.4) is 0 Å². The number of aliphatic hydroxyl groups excluding tert-OH is 1. The van der Waals surface area contributed by atoms with E-state index in [0.717, 1.165) is 6.42 Å². The second kappa shape index (κ2) is 9.37. The van der Waals surface area contributed by atoms with Gasteiger partial charge in [-0.25, -0.2) is 4.79 Å². The number of rotatable bonds is 11. The number of hydrogen-bond donors (Lipinski definition) is 4. The molecule has 0 saturated carbocycles. The Labute approximate surface area is 128 Å². The molecule has 22 heavy (non-hydrogen) atoms. The molecule has 0 spiro atoms. The highest BCUT2D eigenvalue weighted by Crippen LogP contribution is 2.19. The highest BCUT2D eigenvalue weighted by molar-refractivity contribution is 5.88. The van der Waals surface area contributed by atoms with Gasteiger partial charge in [-0.1, -0.05) is 13.3 Å². The topological polar surface area (TPSA) is 141 Å². The molecule has 0 saturated heterocycles. The standard InChI is InChI=1S/C14H24O8/c1-3-10(8-15)5-4-9(2)22-12(18)7-14(21,13(19)20)6-11(16)17/h9-10,15,21H,3-8H2,1-2H3,(H,16,17)(H,19,20). The lowest BCUT2D eigenvalue weighted by Gasteiger charge is -2.22. The van der Waals surface area contributed by atoms with E-state index in [-0.39, 0.29) is 12.5 Å². The third-order valence-electron chi connectivity index (χ3n) is 3.43. The van der Waals surface area contributed by atoms with Crippen molar-refractivity contribution < 1.29 is 39.5 Å². The average Bonchev–Trinajstić information content (AvgIpc) is 2.38. The summed E-state index contributed by atoms with van der Waals surface area (Å²) in [7, 11) is 0. The van der Waals surface area contributed by atoms with Crippen molar-refractivity contribution in [3.05, 3.63) is 0 Å². The van der Waals surface area contributed by atoms with E-state index in [2.05, 4.69) is 0 Å². The second-order valence-corrected chi connectivity index (χ2v) is 5.42. The van der Waals surface area contributed by atoms with E-state index in [4.69, 9.17) is 20.1 Å². The van der Waals surface area contributed by atoms with Crippen LogP contribution in [-0.2, 0) is 19.1 Å². The predicted molar refractivity (Wildman–Crippen MR) is 75.1 cm³/mol. The minimum atomic E-state index is -2.68. The van der Waals surface area contributed by atoms with Gasteiger partial charge in [0.2, 0.25) is 0 Å². The van der Waals surface area contributed by atoms with Crippen molar-refractivity contribution in [2.45, 2.75) is 57.7 Å². The molecule has 8 nitrogen and oxygen atoms in total. The van der Waals surface area contributed by atoms with Crippen LogP contribution in [0.25, 0.3) is 0 Å². The molecule has 0 rings (SSSR count). The first-order valence-electron chi connectivity index (χ1n) is 7.12. The van der Waals surface area contributed by atoms with Gasteiger partial charge in [-0.15, -0.1) is 0 Å². The monoisotopic (exact) mass is 320 g/mol. The Balaban J connectivity index is 4.46. The van der Waals surface area contributed by atoms with Crippen LogP contribution >= 0.6 is 0 Å². The Kier molecular flexibility index (Phi) is 8.66. The Morgan fingerprint density at radius 1 is 1.14 bits per heavy atom. The maximum Gasteiger partial charge on any atom is 0.336 e. The van der Waals surface area contributed by atoms with Gasteiger partial charge < -0.3 is 25.2 Å². The average molecular weight is 320 g/mol. The van der Waals surface area contributed by atoms with Gasteiger partial charge in [0.25, 0.3) is 0 Å². The van der Waals surface area contributed by atoms with E-state index in [9.17, 15) is 19.5 Å².